The van der Waals surface area contributed by atoms with Gasteiger partial charge in [-0.05, 0) is 36.2 Å². The lowest BCUT2D eigenvalue weighted by Gasteiger charge is -2.06. The molecular weight excluding hydrogens is 332 g/mol. The number of carbonyl (C=O) groups excluding carboxylic acids is 2. The van der Waals surface area contributed by atoms with Crippen LogP contribution in [0.4, 0.5) is 0 Å². The minimum atomic E-state index is -0.441. The normalized spacial score (nSPS) is 12.0. The van der Waals surface area contributed by atoms with Gasteiger partial charge in [0.1, 0.15) is 0 Å². The molecule has 6 heteroatoms. The highest BCUT2D eigenvalue weighted by molar-refractivity contribution is 6.31. The van der Waals surface area contributed by atoms with E-state index in [0.29, 0.717) is 28.5 Å². The number of benzene rings is 2. The van der Waals surface area contributed by atoms with Crippen molar-refractivity contribution in [3.8, 4) is 11.5 Å². The Morgan fingerprint density at radius 1 is 1.08 bits per heavy atom. The highest BCUT2D eigenvalue weighted by atomic mass is 35.5. The summed E-state index contributed by atoms with van der Waals surface area (Å²) in [5.41, 5.74) is 1.29. The van der Waals surface area contributed by atoms with Crippen LogP contribution in [0.5, 0.6) is 11.5 Å². The number of ether oxygens (including phenoxy) is 3. The Hall–Kier alpha value is -2.53. The van der Waals surface area contributed by atoms with E-state index in [1.165, 1.54) is 0 Å². The van der Waals surface area contributed by atoms with Crippen molar-refractivity contribution in [2.24, 2.45) is 0 Å². The van der Waals surface area contributed by atoms with Gasteiger partial charge in [-0.15, -0.1) is 0 Å². The molecule has 0 unspecified atom stereocenters. The highest BCUT2D eigenvalue weighted by Gasteiger charge is 2.17. The van der Waals surface area contributed by atoms with Gasteiger partial charge in [0, 0.05) is 17.0 Å². The largest absolute Gasteiger partial charge is 0.457 e. The Morgan fingerprint density at radius 3 is 2.71 bits per heavy atom. The summed E-state index contributed by atoms with van der Waals surface area (Å²) in [6.07, 6.45) is 0.634. The van der Waals surface area contributed by atoms with Crippen molar-refractivity contribution in [3.63, 3.8) is 0 Å². The molecule has 0 N–H and O–H groups in total. The zero-order chi connectivity index (χ0) is 16.9. The molecule has 2 aromatic carbocycles. The van der Waals surface area contributed by atoms with Crippen molar-refractivity contribution in [1.82, 2.24) is 0 Å². The molecule has 0 fully saturated rings. The van der Waals surface area contributed by atoms with E-state index in [0.717, 1.165) is 5.56 Å². The molecule has 0 saturated heterocycles. The second-order valence-corrected chi connectivity index (χ2v) is 5.65. The van der Waals surface area contributed by atoms with Crippen LogP contribution in [0.25, 0.3) is 0 Å². The van der Waals surface area contributed by atoms with Crippen molar-refractivity contribution in [1.29, 1.82) is 0 Å². The molecule has 0 aromatic heterocycles. The van der Waals surface area contributed by atoms with E-state index in [2.05, 4.69) is 0 Å². The van der Waals surface area contributed by atoms with Gasteiger partial charge in [0.2, 0.25) is 6.79 Å². The van der Waals surface area contributed by atoms with E-state index in [9.17, 15) is 9.59 Å². The molecular formula is C18H15ClO5. The fourth-order valence-corrected chi connectivity index (χ4v) is 2.54. The third-order valence-electron chi connectivity index (χ3n) is 3.62. The standard InChI is InChI=1S/C18H15ClO5/c19-14-4-2-1-3-12(14)6-8-18(21)22-10-15(20)13-5-7-16-17(9-13)24-11-23-16/h1-5,7,9H,6,8,10-11H2. The average molecular weight is 347 g/mol. The molecule has 0 bridgehead atoms. The first-order valence-electron chi connectivity index (χ1n) is 7.45. The first-order chi connectivity index (χ1) is 11.6. The van der Waals surface area contributed by atoms with Crippen molar-refractivity contribution in [2.45, 2.75) is 12.8 Å². The predicted molar refractivity (Wildman–Crippen MR) is 87.6 cm³/mol. The van der Waals surface area contributed by atoms with Gasteiger partial charge >= 0.3 is 5.97 Å². The van der Waals surface area contributed by atoms with Gasteiger partial charge in [0.05, 0.1) is 0 Å². The van der Waals surface area contributed by atoms with Crippen LogP contribution in [-0.2, 0) is 16.0 Å². The average Bonchev–Trinajstić information content (AvgIpc) is 3.06. The lowest BCUT2D eigenvalue weighted by molar-refractivity contribution is -0.142. The number of halogens is 1. The molecule has 3 rings (SSSR count). The van der Waals surface area contributed by atoms with Crippen molar-refractivity contribution in [2.75, 3.05) is 13.4 Å². The summed E-state index contributed by atoms with van der Waals surface area (Å²) >= 11 is 6.03. The van der Waals surface area contributed by atoms with Gasteiger partial charge in [-0.3, -0.25) is 9.59 Å². The monoisotopic (exact) mass is 346 g/mol. The smallest absolute Gasteiger partial charge is 0.306 e. The molecule has 0 amide bonds. The molecule has 0 radical (unpaired) electrons. The Bertz CT molecular complexity index is 772. The fourth-order valence-electron chi connectivity index (χ4n) is 2.31. The van der Waals surface area contributed by atoms with Crippen LogP contribution >= 0.6 is 11.6 Å². The number of carbonyl (C=O) groups is 2. The quantitative estimate of drug-likeness (QED) is 0.592. The van der Waals surface area contributed by atoms with E-state index in [1.54, 1.807) is 24.3 Å². The van der Waals surface area contributed by atoms with Gasteiger partial charge < -0.3 is 14.2 Å². The van der Waals surface area contributed by atoms with E-state index in [1.807, 2.05) is 18.2 Å². The number of hydrogen-bond acceptors (Lipinski definition) is 5. The minimum absolute atomic E-state index is 0.143. The lowest BCUT2D eigenvalue weighted by atomic mass is 10.1. The van der Waals surface area contributed by atoms with Crippen LogP contribution in [0.2, 0.25) is 5.02 Å². The number of esters is 1. The highest BCUT2D eigenvalue weighted by Crippen LogP contribution is 2.32. The molecule has 5 nitrogen and oxygen atoms in total. The SMILES string of the molecule is O=C(CCc1ccccc1Cl)OCC(=O)c1ccc2c(c1)OCO2. The van der Waals surface area contributed by atoms with E-state index >= 15 is 0 Å². The van der Waals surface area contributed by atoms with Gasteiger partial charge in [-0.25, -0.2) is 0 Å². The lowest BCUT2D eigenvalue weighted by Crippen LogP contribution is -2.14. The minimum Gasteiger partial charge on any atom is -0.457 e. The summed E-state index contributed by atoms with van der Waals surface area (Å²) in [6, 6.07) is 12.2. The van der Waals surface area contributed by atoms with Crippen molar-refractivity contribution in [3.05, 3.63) is 58.6 Å². The first-order valence-corrected chi connectivity index (χ1v) is 7.83. The van der Waals surface area contributed by atoms with E-state index in [4.69, 9.17) is 25.8 Å². The van der Waals surface area contributed by atoms with E-state index in [-0.39, 0.29) is 25.6 Å². The Labute approximate surface area is 144 Å². The molecule has 1 aliphatic heterocycles. The summed E-state index contributed by atoms with van der Waals surface area (Å²) in [5, 5.41) is 0.613. The molecule has 24 heavy (non-hydrogen) atoms. The maximum Gasteiger partial charge on any atom is 0.306 e. The number of fused-ring (bicyclic) bond motifs is 1. The van der Waals surface area contributed by atoms with Gasteiger partial charge in [-0.1, -0.05) is 29.8 Å². The van der Waals surface area contributed by atoms with Crippen molar-refractivity contribution < 1.29 is 23.8 Å². The zero-order valence-corrected chi connectivity index (χ0v) is 13.5. The summed E-state index contributed by atoms with van der Waals surface area (Å²) in [5.74, 6) is 0.387. The summed E-state index contributed by atoms with van der Waals surface area (Å²) in [4.78, 5) is 23.9. The number of ketones is 1. The number of aryl methyl sites for hydroxylation is 1. The predicted octanol–water partition coefficient (Wildman–Crippen LogP) is 3.43. The third kappa shape index (κ3) is 3.86. The Balaban J connectivity index is 1.49. The molecule has 1 heterocycles. The van der Waals surface area contributed by atoms with Crippen molar-refractivity contribution >= 4 is 23.4 Å². The third-order valence-corrected chi connectivity index (χ3v) is 3.98. The fraction of sp³-hybridized carbons (Fsp3) is 0.222. The molecule has 1 aliphatic rings. The zero-order valence-electron chi connectivity index (χ0n) is 12.8. The van der Waals surface area contributed by atoms with Crippen LogP contribution in [0, 0.1) is 0 Å². The van der Waals surface area contributed by atoms with E-state index < -0.39 is 5.97 Å². The van der Waals surface area contributed by atoms with Crippen LogP contribution in [-0.4, -0.2) is 25.2 Å². The topological polar surface area (TPSA) is 61.8 Å². The van der Waals surface area contributed by atoms with Gasteiger partial charge in [0.25, 0.3) is 0 Å². The first kappa shape index (κ1) is 16.3. The van der Waals surface area contributed by atoms with Gasteiger partial charge in [-0.2, -0.15) is 0 Å². The summed E-state index contributed by atoms with van der Waals surface area (Å²) in [7, 11) is 0. The number of hydrogen-bond donors (Lipinski definition) is 0. The molecule has 0 atom stereocenters. The summed E-state index contributed by atoms with van der Waals surface area (Å²) < 4.78 is 15.4. The molecule has 0 spiro atoms. The Kier molecular flexibility index (Phi) is 5.01. The second kappa shape index (κ2) is 7.36. The van der Waals surface area contributed by atoms with Crippen LogP contribution < -0.4 is 9.47 Å². The van der Waals surface area contributed by atoms with Crippen LogP contribution in [0.3, 0.4) is 0 Å². The molecule has 2 aromatic rings. The van der Waals surface area contributed by atoms with Crippen LogP contribution in [0.1, 0.15) is 22.3 Å². The van der Waals surface area contributed by atoms with Crippen LogP contribution in [0.15, 0.2) is 42.5 Å². The molecule has 124 valence electrons. The second-order valence-electron chi connectivity index (χ2n) is 5.24. The maximum absolute atomic E-state index is 12.1. The maximum atomic E-state index is 12.1. The number of rotatable bonds is 6. The molecule has 0 saturated carbocycles. The number of Topliss-reactive ketones (excluding diaryl/α,β-unsaturated/α-hetero) is 1. The molecule has 0 aliphatic carbocycles. The van der Waals surface area contributed by atoms with Gasteiger partial charge in [0.15, 0.2) is 23.9 Å². The Morgan fingerprint density at radius 2 is 1.88 bits per heavy atom. The summed E-state index contributed by atoms with van der Waals surface area (Å²) in [6.45, 7) is -0.162.